The van der Waals surface area contributed by atoms with Crippen molar-refractivity contribution in [2.45, 2.75) is 33.1 Å². The smallest absolute Gasteiger partial charge is 0.246 e. The Morgan fingerprint density at radius 3 is 2.88 bits per heavy atom. The number of nitrogens with zero attached hydrogens (tertiary/aromatic N) is 1. The Hall–Kier alpha value is -1.68. The highest BCUT2D eigenvalue weighted by Gasteiger charge is 2.21. The molecule has 0 aromatic heterocycles. The van der Waals surface area contributed by atoms with E-state index in [9.17, 15) is 4.79 Å². The zero-order chi connectivity index (χ0) is 17.5. The Balaban J connectivity index is 2.11. The minimum atomic E-state index is 0.0538. The number of hydrogen-bond acceptors (Lipinski definition) is 3. The number of likely N-dealkylation sites (tertiary alicyclic amines) is 1. The summed E-state index contributed by atoms with van der Waals surface area (Å²) in [6.07, 6.45) is 6.83. The average Bonchev–Trinajstić information content (AvgIpc) is 2.60. The molecule has 2 rings (SSSR count). The van der Waals surface area contributed by atoms with Crippen LogP contribution in [0.4, 0.5) is 0 Å². The summed E-state index contributed by atoms with van der Waals surface area (Å²) < 4.78 is 10.8. The number of amides is 1. The molecule has 4 nitrogen and oxygen atoms in total. The molecule has 0 radical (unpaired) electrons. The highest BCUT2D eigenvalue weighted by molar-refractivity contribution is 6.32. The normalized spacial score (nSPS) is 18.0. The summed E-state index contributed by atoms with van der Waals surface area (Å²) in [6, 6.07) is 3.61. The zero-order valence-electron chi connectivity index (χ0n) is 14.7. The predicted molar refractivity (Wildman–Crippen MR) is 97.8 cm³/mol. The number of benzene rings is 1. The quantitative estimate of drug-likeness (QED) is 0.712. The first-order valence-electron chi connectivity index (χ1n) is 8.56. The third kappa shape index (κ3) is 4.67. The summed E-state index contributed by atoms with van der Waals surface area (Å²) in [7, 11) is 1.56. The number of methoxy groups -OCH3 is 1. The van der Waals surface area contributed by atoms with E-state index in [2.05, 4.69) is 6.92 Å². The number of hydrogen-bond donors (Lipinski definition) is 0. The van der Waals surface area contributed by atoms with Crippen LogP contribution in [0.1, 0.15) is 38.7 Å². The lowest BCUT2D eigenvalue weighted by Gasteiger charge is -2.31. The third-order valence-electron chi connectivity index (χ3n) is 4.36. The van der Waals surface area contributed by atoms with Gasteiger partial charge in [0.15, 0.2) is 11.5 Å². The lowest BCUT2D eigenvalue weighted by atomic mass is 9.95. The zero-order valence-corrected chi connectivity index (χ0v) is 15.4. The first kappa shape index (κ1) is 18.7. The predicted octanol–water partition coefficient (Wildman–Crippen LogP) is 4.41. The van der Waals surface area contributed by atoms with Crippen molar-refractivity contribution in [1.29, 1.82) is 0 Å². The highest BCUT2D eigenvalue weighted by atomic mass is 35.5. The molecular formula is C19H26ClNO3. The molecule has 0 aliphatic carbocycles. The molecule has 132 valence electrons. The molecule has 5 heteroatoms. The van der Waals surface area contributed by atoms with Gasteiger partial charge in [-0.3, -0.25) is 4.79 Å². The molecule has 0 saturated carbocycles. The standard InChI is InChI=1S/C19H26ClNO3/c1-4-14-7-6-10-21(13-14)18(22)9-8-15-11-16(20)19(23-3)17(12-15)24-5-2/h8-9,11-12,14H,4-7,10,13H2,1-3H3/b9-8+. The van der Waals surface area contributed by atoms with Crippen LogP contribution in [0.3, 0.4) is 0 Å². The molecule has 1 atom stereocenters. The molecule has 1 aliphatic rings. The second kappa shape index (κ2) is 8.97. The van der Waals surface area contributed by atoms with E-state index in [1.54, 1.807) is 25.3 Å². The van der Waals surface area contributed by atoms with Crippen LogP contribution < -0.4 is 9.47 Å². The summed E-state index contributed by atoms with van der Waals surface area (Å²) >= 11 is 6.24. The SMILES string of the molecule is CCOc1cc(/C=C/C(=O)N2CCCC(CC)C2)cc(Cl)c1OC. The third-order valence-corrected chi connectivity index (χ3v) is 4.64. The van der Waals surface area contributed by atoms with Gasteiger partial charge >= 0.3 is 0 Å². The summed E-state index contributed by atoms with van der Waals surface area (Å²) in [5, 5.41) is 0.472. The van der Waals surface area contributed by atoms with Crippen molar-refractivity contribution in [3.8, 4) is 11.5 Å². The van der Waals surface area contributed by atoms with Gasteiger partial charge in [0.1, 0.15) is 0 Å². The molecule has 0 spiro atoms. The fraction of sp³-hybridized carbons (Fsp3) is 0.526. The first-order chi connectivity index (χ1) is 11.6. The molecule has 1 aliphatic heterocycles. The molecule has 1 amide bonds. The van der Waals surface area contributed by atoms with Gasteiger partial charge in [0.2, 0.25) is 5.91 Å². The Bertz CT molecular complexity index is 601. The van der Waals surface area contributed by atoms with Crippen LogP contribution in [0.15, 0.2) is 18.2 Å². The highest BCUT2D eigenvalue weighted by Crippen LogP contribution is 2.36. The number of rotatable bonds is 6. The first-order valence-corrected chi connectivity index (χ1v) is 8.94. The van der Waals surface area contributed by atoms with Crippen LogP contribution >= 0.6 is 11.6 Å². The van der Waals surface area contributed by atoms with E-state index in [0.29, 0.717) is 29.0 Å². The number of piperidine rings is 1. The molecule has 1 unspecified atom stereocenters. The number of carbonyl (C=O) groups excluding carboxylic acids is 1. The van der Waals surface area contributed by atoms with Crippen LogP contribution in [0.5, 0.6) is 11.5 Å². The molecule has 1 aromatic carbocycles. The van der Waals surface area contributed by atoms with E-state index >= 15 is 0 Å². The summed E-state index contributed by atoms with van der Waals surface area (Å²) in [5.74, 6) is 1.78. The maximum atomic E-state index is 12.4. The lowest BCUT2D eigenvalue weighted by Crippen LogP contribution is -2.38. The number of carbonyl (C=O) groups is 1. The van der Waals surface area contributed by atoms with Gasteiger partial charge in [-0.2, -0.15) is 0 Å². The van der Waals surface area contributed by atoms with Gasteiger partial charge in [0, 0.05) is 19.2 Å². The van der Waals surface area contributed by atoms with Crippen LogP contribution in [0, 0.1) is 5.92 Å². The molecule has 1 aromatic rings. The largest absolute Gasteiger partial charge is 0.491 e. The Morgan fingerprint density at radius 2 is 2.21 bits per heavy atom. The van der Waals surface area contributed by atoms with E-state index in [1.165, 1.54) is 6.42 Å². The van der Waals surface area contributed by atoms with Gasteiger partial charge in [0.05, 0.1) is 18.7 Å². The summed E-state index contributed by atoms with van der Waals surface area (Å²) in [5.41, 5.74) is 0.821. The van der Waals surface area contributed by atoms with E-state index in [1.807, 2.05) is 17.9 Å². The van der Waals surface area contributed by atoms with E-state index in [4.69, 9.17) is 21.1 Å². The Labute approximate surface area is 149 Å². The summed E-state index contributed by atoms with van der Waals surface area (Å²) in [4.78, 5) is 14.3. The minimum Gasteiger partial charge on any atom is -0.491 e. The maximum Gasteiger partial charge on any atom is 0.246 e. The molecular weight excluding hydrogens is 326 g/mol. The lowest BCUT2D eigenvalue weighted by molar-refractivity contribution is -0.127. The van der Waals surface area contributed by atoms with Crippen molar-refractivity contribution in [2.24, 2.45) is 5.92 Å². The molecule has 1 saturated heterocycles. The number of ether oxygens (including phenoxy) is 2. The van der Waals surface area contributed by atoms with E-state index in [0.717, 1.165) is 31.5 Å². The maximum absolute atomic E-state index is 12.4. The van der Waals surface area contributed by atoms with Crippen LogP contribution in [-0.2, 0) is 4.79 Å². The van der Waals surface area contributed by atoms with Gasteiger partial charge in [-0.05, 0) is 49.5 Å². The number of halogens is 1. The molecule has 1 fully saturated rings. The monoisotopic (exact) mass is 351 g/mol. The Morgan fingerprint density at radius 1 is 1.42 bits per heavy atom. The molecule has 24 heavy (non-hydrogen) atoms. The Kier molecular flexibility index (Phi) is 6.98. The molecule has 0 N–H and O–H groups in total. The molecule has 1 heterocycles. The average molecular weight is 352 g/mol. The van der Waals surface area contributed by atoms with Crippen molar-refractivity contribution in [2.75, 3.05) is 26.8 Å². The summed E-state index contributed by atoms with van der Waals surface area (Å²) in [6.45, 7) is 6.30. The van der Waals surface area contributed by atoms with Crippen molar-refractivity contribution >= 4 is 23.6 Å². The van der Waals surface area contributed by atoms with E-state index < -0.39 is 0 Å². The second-order valence-corrected chi connectivity index (χ2v) is 6.41. The molecule has 0 bridgehead atoms. The van der Waals surface area contributed by atoms with Gasteiger partial charge < -0.3 is 14.4 Å². The van der Waals surface area contributed by atoms with Crippen molar-refractivity contribution < 1.29 is 14.3 Å². The van der Waals surface area contributed by atoms with E-state index in [-0.39, 0.29) is 5.91 Å². The topological polar surface area (TPSA) is 38.8 Å². The van der Waals surface area contributed by atoms with Crippen molar-refractivity contribution in [3.05, 3.63) is 28.8 Å². The van der Waals surface area contributed by atoms with Gasteiger partial charge in [-0.15, -0.1) is 0 Å². The van der Waals surface area contributed by atoms with Gasteiger partial charge in [-0.1, -0.05) is 24.9 Å². The van der Waals surface area contributed by atoms with Crippen molar-refractivity contribution in [3.63, 3.8) is 0 Å². The van der Waals surface area contributed by atoms with Gasteiger partial charge in [-0.25, -0.2) is 0 Å². The fourth-order valence-electron chi connectivity index (χ4n) is 3.02. The van der Waals surface area contributed by atoms with Gasteiger partial charge in [0.25, 0.3) is 0 Å². The van der Waals surface area contributed by atoms with Crippen LogP contribution in [0.2, 0.25) is 5.02 Å². The second-order valence-electron chi connectivity index (χ2n) is 6.00. The van der Waals surface area contributed by atoms with Crippen LogP contribution in [0.25, 0.3) is 6.08 Å². The fourth-order valence-corrected chi connectivity index (χ4v) is 3.31. The van der Waals surface area contributed by atoms with Crippen molar-refractivity contribution in [1.82, 2.24) is 4.90 Å². The van der Waals surface area contributed by atoms with Crippen LogP contribution in [-0.4, -0.2) is 37.6 Å². The minimum absolute atomic E-state index is 0.0538.